The molecule has 0 N–H and O–H groups in total. The maximum absolute atomic E-state index is 12.9. The molecule has 28 heavy (non-hydrogen) atoms. The second-order valence-electron chi connectivity index (χ2n) is 7.20. The highest BCUT2D eigenvalue weighted by Gasteiger charge is 2.59. The Bertz CT molecular complexity index is 908. The number of rotatable bonds is 4. The van der Waals surface area contributed by atoms with Gasteiger partial charge in [-0.1, -0.05) is 29.5 Å². The van der Waals surface area contributed by atoms with E-state index in [1.165, 1.54) is 35.7 Å². The third-order valence-electron chi connectivity index (χ3n) is 4.62. The number of hydrogen-bond acceptors (Lipinski definition) is 9. The molecule has 0 amide bonds. The predicted molar refractivity (Wildman–Crippen MR) is 109 cm³/mol. The topological polar surface area (TPSA) is 88.1 Å². The first kappa shape index (κ1) is 20.9. The van der Waals surface area contributed by atoms with E-state index in [1.807, 2.05) is 6.92 Å². The molecule has 4 rings (SSSR count). The summed E-state index contributed by atoms with van der Waals surface area (Å²) in [5, 5.41) is -0.124. The molecule has 154 valence electrons. The normalized spacial score (nSPS) is 34.5. The molecular weight excluding hydrogens is 444 g/mol. The van der Waals surface area contributed by atoms with Crippen LogP contribution in [0.4, 0.5) is 0 Å². The molecule has 5 atom stereocenters. The molecule has 0 spiro atoms. The number of ether oxygens (including phenoxy) is 3. The van der Waals surface area contributed by atoms with Gasteiger partial charge in [0.1, 0.15) is 33.1 Å². The Morgan fingerprint density at radius 1 is 1.18 bits per heavy atom. The minimum atomic E-state index is -4.02. The molecule has 7 nitrogen and oxygen atoms in total. The average molecular weight is 465 g/mol. The van der Waals surface area contributed by atoms with E-state index in [-0.39, 0.29) is 10.1 Å². The molecule has 1 aromatic rings. The van der Waals surface area contributed by atoms with Crippen LogP contribution in [0.25, 0.3) is 0 Å². The lowest BCUT2D eigenvalue weighted by atomic mass is 10.1. The molecule has 3 aliphatic rings. The van der Waals surface area contributed by atoms with Crippen molar-refractivity contribution in [1.29, 1.82) is 0 Å². The second kappa shape index (κ2) is 7.69. The largest absolute Gasteiger partial charge is 0.342 e. The van der Waals surface area contributed by atoms with E-state index in [1.54, 1.807) is 26.0 Å². The fourth-order valence-corrected chi connectivity index (χ4v) is 7.80. The van der Waals surface area contributed by atoms with Crippen molar-refractivity contribution in [3.63, 3.8) is 0 Å². The Hall–Kier alpha value is -0.400. The van der Waals surface area contributed by atoms with Crippen molar-refractivity contribution >= 4 is 48.4 Å². The quantitative estimate of drug-likeness (QED) is 0.491. The van der Waals surface area contributed by atoms with Crippen LogP contribution in [0.2, 0.25) is 0 Å². The van der Waals surface area contributed by atoms with E-state index in [0.717, 1.165) is 5.56 Å². The molecule has 0 aliphatic carbocycles. The van der Waals surface area contributed by atoms with Gasteiger partial charge in [0.2, 0.25) is 0 Å². The van der Waals surface area contributed by atoms with E-state index < -0.39 is 40.5 Å². The fourth-order valence-electron chi connectivity index (χ4n) is 3.37. The summed E-state index contributed by atoms with van der Waals surface area (Å²) in [6.45, 7) is 5.37. The van der Waals surface area contributed by atoms with Crippen molar-refractivity contribution in [2.75, 3.05) is 5.75 Å². The van der Waals surface area contributed by atoms with E-state index >= 15 is 0 Å². The van der Waals surface area contributed by atoms with Crippen molar-refractivity contribution in [2.24, 2.45) is 0 Å². The molecule has 0 aromatic heterocycles. The molecule has 0 bridgehead atoms. The first-order chi connectivity index (χ1) is 13.2. The Kier molecular flexibility index (Phi) is 5.73. The summed E-state index contributed by atoms with van der Waals surface area (Å²) in [5.41, 5.74) is 0.952. The highest BCUT2D eigenvalue weighted by molar-refractivity contribution is 8.48. The third-order valence-corrected chi connectivity index (χ3v) is 9.68. The number of benzene rings is 1. The molecule has 3 saturated heterocycles. The van der Waals surface area contributed by atoms with Crippen LogP contribution in [0.15, 0.2) is 29.2 Å². The summed E-state index contributed by atoms with van der Waals surface area (Å²) >= 11 is 3.28. The summed E-state index contributed by atoms with van der Waals surface area (Å²) < 4.78 is 60.9. The number of thioether (sulfide) groups is 2. The van der Waals surface area contributed by atoms with Gasteiger partial charge in [-0.3, -0.25) is 4.18 Å². The Morgan fingerprint density at radius 3 is 2.54 bits per heavy atom. The highest BCUT2D eigenvalue weighted by atomic mass is 32.2. The first-order valence-corrected chi connectivity index (χ1v) is 12.7. The summed E-state index contributed by atoms with van der Waals surface area (Å²) in [6.07, 6.45) is -2.83. The van der Waals surface area contributed by atoms with Gasteiger partial charge in [-0.25, -0.2) is 4.21 Å². The van der Waals surface area contributed by atoms with Crippen LogP contribution in [0.1, 0.15) is 19.4 Å². The van der Waals surface area contributed by atoms with Crippen molar-refractivity contribution in [2.45, 2.75) is 61.3 Å². The molecular formula is C17H20O7S4. The van der Waals surface area contributed by atoms with Gasteiger partial charge in [0.25, 0.3) is 10.1 Å². The van der Waals surface area contributed by atoms with Crippen LogP contribution < -0.4 is 0 Å². The van der Waals surface area contributed by atoms with Gasteiger partial charge >= 0.3 is 0 Å². The van der Waals surface area contributed by atoms with Gasteiger partial charge in [0, 0.05) is 11.0 Å². The van der Waals surface area contributed by atoms with E-state index in [4.69, 9.17) is 18.4 Å². The maximum Gasteiger partial charge on any atom is 0.297 e. The Labute approximate surface area is 176 Å². The van der Waals surface area contributed by atoms with Gasteiger partial charge < -0.3 is 14.2 Å². The highest BCUT2D eigenvalue weighted by Crippen LogP contribution is 2.45. The SMILES string of the molecule is Cc1ccc(S(=O)(=O)OC2C3OC(C)(C)OC3OC2C2CSC(=S=O)S2)cc1. The zero-order valence-electron chi connectivity index (χ0n) is 15.4. The average Bonchev–Trinajstić information content (AvgIpc) is 3.29. The zero-order chi connectivity index (χ0) is 20.1. The predicted octanol–water partition coefficient (Wildman–Crippen LogP) is 2.09. The minimum absolute atomic E-state index is 0.0780. The molecule has 5 unspecified atom stereocenters. The van der Waals surface area contributed by atoms with E-state index in [9.17, 15) is 12.6 Å². The molecule has 3 aliphatic heterocycles. The molecule has 3 fully saturated rings. The number of hydrogen-bond donors (Lipinski definition) is 0. The lowest BCUT2D eigenvalue weighted by molar-refractivity contribution is -0.212. The molecule has 1 aromatic carbocycles. The lowest BCUT2D eigenvalue weighted by Crippen LogP contribution is -2.43. The second-order valence-corrected chi connectivity index (χ2v) is 12.4. The smallest absolute Gasteiger partial charge is 0.297 e. The van der Waals surface area contributed by atoms with Gasteiger partial charge in [-0.05, 0) is 32.9 Å². The molecule has 0 saturated carbocycles. The number of fused-ring (bicyclic) bond motifs is 1. The van der Waals surface area contributed by atoms with Crippen molar-refractivity contribution in [1.82, 2.24) is 0 Å². The van der Waals surface area contributed by atoms with E-state index in [0.29, 0.717) is 20.5 Å². The Morgan fingerprint density at radius 2 is 1.89 bits per heavy atom. The summed E-state index contributed by atoms with van der Waals surface area (Å²) in [6, 6.07) is 6.47. The van der Waals surface area contributed by atoms with Gasteiger partial charge in [-0.2, -0.15) is 8.42 Å². The maximum atomic E-state index is 12.9. The fraction of sp³-hybridized carbons (Fsp3) is 0.588. The Balaban J connectivity index is 1.61. The standard InChI is InChI=1S/C17H20O7S4/c1-9-4-6-10(7-5-9)28(19,20)24-13-12(11-8-25-16(26-11)27-18)21-15-14(13)22-17(2,3)23-15/h4-7,11-15H,8H2,1-3H3. The van der Waals surface area contributed by atoms with Gasteiger partial charge in [0.15, 0.2) is 12.1 Å². The third kappa shape index (κ3) is 4.08. The van der Waals surface area contributed by atoms with E-state index in [2.05, 4.69) is 0 Å². The van der Waals surface area contributed by atoms with Crippen molar-refractivity contribution in [3.05, 3.63) is 29.8 Å². The molecule has 0 radical (unpaired) electrons. The lowest BCUT2D eigenvalue weighted by Gasteiger charge is -2.27. The van der Waals surface area contributed by atoms with Gasteiger partial charge in [-0.15, -0.1) is 11.8 Å². The van der Waals surface area contributed by atoms with Crippen LogP contribution in [0, 0.1) is 6.92 Å². The van der Waals surface area contributed by atoms with Crippen LogP contribution in [-0.4, -0.2) is 57.5 Å². The van der Waals surface area contributed by atoms with Crippen LogP contribution in [0.3, 0.4) is 0 Å². The van der Waals surface area contributed by atoms with Gasteiger partial charge in [0.05, 0.1) is 4.90 Å². The molecule has 3 heterocycles. The van der Waals surface area contributed by atoms with Crippen LogP contribution >= 0.6 is 23.5 Å². The molecule has 11 heteroatoms. The minimum Gasteiger partial charge on any atom is -0.342 e. The van der Waals surface area contributed by atoms with Crippen LogP contribution in [0.5, 0.6) is 0 Å². The summed E-state index contributed by atoms with van der Waals surface area (Å²) in [5.74, 6) is -0.261. The van der Waals surface area contributed by atoms with Crippen molar-refractivity contribution < 1.29 is 31.0 Å². The monoisotopic (exact) mass is 464 g/mol. The van der Waals surface area contributed by atoms with Crippen LogP contribution in [-0.2, 0) is 39.8 Å². The zero-order valence-corrected chi connectivity index (χ0v) is 18.7. The van der Waals surface area contributed by atoms with Crippen molar-refractivity contribution in [3.8, 4) is 0 Å². The summed E-state index contributed by atoms with van der Waals surface area (Å²) in [7, 11) is -4.02. The summed E-state index contributed by atoms with van der Waals surface area (Å²) in [4.78, 5) is 0.0780. The number of aryl methyl sites for hydroxylation is 1. The first-order valence-electron chi connectivity index (χ1n) is 8.66.